The van der Waals surface area contributed by atoms with Gasteiger partial charge in [0.05, 0.1) is 29.1 Å². The lowest BCUT2D eigenvalue weighted by Gasteiger charge is -2.35. The molecule has 0 radical (unpaired) electrons. The first-order chi connectivity index (χ1) is 12.0. The molecule has 1 saturated heterocycles. The van der Waals surface area contributed by atoms with Gasteiger partial charge in [-0.05, 0) is 13.8 Å². The second-order valence-electron chi connectivity index (χ2n) is 5.98. The lowest BCUT2D eigenvalue weighted by atomic mass is 10.3. The molecule has 3 rings (SSSR count). The Bertz CT molecular complexity index is 800. The maximum atomic E-state index is 12.5. The summed E-state index contributed by atoms with van der Waals surface area (Å²) in [6, 6.07) is 0. The maximum Gasteiger partial charge on any atom is 0.246 e. The number of aliphatic imine (C=N–C) groups is 1. The highest BCUT2D eigenvalue weighted by atomic mass is 127. The van der Waals surface area contributed by atoms with E-state index >= 15 is 0 Å². The Kier molecular flexibility index (Phi) is 6.98. The third-order valence-electron chi connectivity index (χ3n) is 4.14. The van der Waals surface area contributed by atoms with Crippen molar-refractivity contribution in [2.24, 2.45) is 12.0 Å². The molecule has 0 saturated carbocycles. The monoisotopic (exact) mass is 489 g/mol. The zero-order valence-electron chi connectivity index (χ0n) is 15.4. The summed E-state index contributed by atoms with van der Waals surface area (Å²) in [4.78, 5) is 26.2. The molecule has 26 heavy (non-hydrogen) atoms. The number of carbonyl (C=O) groups is 1. The fraction of sp³-hybridized carbons (Fsp3) is 0.500. The van der Waals surface area contributed by atoms with Crippen molar-refractivity contribution < 1.29 is 4.79 Å². The number of rotatable bonds is 3. The van der Waals surface area contributed by atoms with E-state index in [-0.39, 0.29) is 29.9 Å². The zero-order valence-corrected chi connectivity index (χ0v) is 18.5. The Morgan fingerprint density at radius 1 is 1.38 bits per heavy atom. The van der Waals surface area contributed by atoms with Gasteiger partial charge in [-0.1, -0.05) is 0 Å². The highest BCUT2D eigenvalue weighted by Crippen LogP contribution is 2.18. The molecule has 1 aliphatic heterocycles. The number of nitrogens with one attached hydrogen (secondary N) is 1. The fourth-order valence-corrected chi connectivity index (χ4v) is 3.78. The average Bonchev–Trinajstić information content (AvgIpc) is 3.13. The molecule has 0 aliphatic carbocycles. The van der Waals surface area contributed by atoms with Crippen LogP contribution in [0, 0.1) is 13.8 Å². The molecule has 1 aliphatic rings. The topological polar surface area (TPSA) is 78.7 Å². The lowest BCUT2D eigenvalue weighted by molar-refractivity contribution is -0.120. The number of halogens is 1. The zero-order chi connectivity index (χ0) is 18.0. The Morgan fingerprint density at radius 3 is 2.69 bits per heavy atom. The number of carbonyl (C=O) groups excluding carboxylic acids is 1. The summed E-state index contributed by atoms with van der Waals surface area (Å²) in [5, 5.41) is 8.55. The third-order valence-corrected chi connectivity index (χ3v) is 5.21. The predicted molar refractivity (Wildman–Crippen MR) is 114 cm³/mol. The van der Waals surface area contributed by atoms with E-state index in [9.17, 15) is 4.79 Å². The minimum atomic E-state index is 0. The van der Waals surface area contributed by atoms with Crippen LogP contribution in [-0.2, 0) is 18.4 Å². The van der Waals surface area contributed by atoms with E-state index in [0.717, 1.165) is 28.9 Å². The van der Waals surface area contributed by atoms with E-state index in [2.05, 4.69) is 20.4 Å². The van der Waals surface area contributed by atoms with Crippen molar-refractivity contribution in [3.8, 4) is 0 Å². The molecule has 1 amide bonds. The highest BCUT2D eigenvalue weighted by molar-refractivity contribution is 14.0. The van der Waals surface area contributed by atoms with Crippen LogP contribution in [0.3, 0.4) is 0 Å². The Labute approximate surface area is 174 Å². The van der Waals surface area contributed by atoms with Gasteiger partial charge in [0.1, 0.15) is 6.54 Å². The van der Waals surface area contributed by atoms with Gasteiger partial charge in [0.15, 0.2) is 5.96 Å². The van der Waals surface area contributed by atoms with Crippen LogP contribution in [-0.4, -0.2) is 58.2 Å². The maximum absolute atomic E-state index is 12.5. The van der Waals surface area contributed by atoms with Crippen molar-refractivity contribution >= 4 is 52.9 Å². The summed E-state index contributed by atoms with van der Waals surface area (Å²) in [6.45, 7) is 6.33. The average molecular weight is 489 g/mol. The van der Waals surface area contributed by atoms with E-state index in [4.69, 9.17) is 0 Å². The number of amides is 1. The lowest BCUT2D eigenvalue weighted by Crippen LogP contribution is -2.55. The van der Waals surface area contributed by atoms with Crippen molar-refractivity contribution in [3.05, 3.63) is 28.0 Å². The van der Waals surface area contributed by atoms with E-state index in [0.29, 0.717) is 19.6 Å². The van der Waals surface area contributed by atoms with E-state index in [1.165, 1.54) is 4.88 Å². The van der Waals surface area contributed by atoms with Crippen LogP contribution in [0.2, 0.25) is 0 Å². The number of guanidine groups is 1. The van der Waals surface area contributed by atoms with E-state index in [1.54, 1.807) is 34.2 Å². The summed E-state index contributed by atoms with van der Waals surface area (Å²) >= 11 is 1.68. The van der Waals surface area contributed by atoms with Crippen molar-refractivity contribution in [1.82, 2.24) is 25.0 Å². The number of piperazine rings is 1. The Balaban J connectivity index is 0.00000243. The van der Waals surface area contributed by atoms with Gasteiger partial charge in [-0.25, -0.2) is 4.98 Å². The SMILES string of the molecule is CN=C(NCc1sc(C)nc1C)N1CCN(c2cnn(C)c2)C(=O)C1.I. The minimum Gasteiger partial charge on any atom is -0.351 e. The standard InChI is InChI=1S/C16H23N7OS.HI/c1-11-14(25-12(2)20-11)8-18-16(17-3)22-5-6-23(15(24)10-22)13-7-19-21(4)9-13;/h7,9H,5-6,8,10H2,1-4H3,(H,17,18);1H. The van der Waals surface area contributed by atoms with Crippen molar-refractivity contribution in [3.63, 3.8) is 0 Å². The largest absolute Gasteiger partial charge is 0.351 e. The first-order valence-electron chi connectivity index (χ1n) is 8.15. The Morgan fingerprint density at radius 2 is 2.15 bits per heavy atom. The van der Waals surface area contributed by atoms with Gasteiger partial charge in [0.25, 0.3) is 0 Å². The molecule has 8 nitrogen and oxygen atoms in total. The quantitative estimate of drug-likeness (QED) is 0.402. The van der Waals surface area contributed by atoms with E-state index < -0.39 is 0 Å². The van der Waals surface area contributed by atoms with Crippen molar-refractivity contribution in [1.29, 1.82) is 0 Å². The van der Waals surface area contributed by atoms with Crippen LogP contribution in [0.1, 0.15) is 15.6 Å². The number of aryl methyl sites for hydroxylation is 3. The smallest absolute Gasteiger partial charge is 0.246 e. The summed E-state index contributed by atoms with van der Waals surface area (Å²) in [7, 11) is 3.59. The third kappa shape index (κ3) is 4.53. The van der Waals surface area contributed by atoms with Gasteiger partial charge >= 0.3 is 0 Å². The second kappa shape index (κ2) is 8.80. The van der Waals surface area contributed by atoms with Crippen molar-refractivity contribution in [2.45, 2.75) is 20.4 Å². The first kappa shape index (κ1) is 20.6. The normalized spacial score (nSPS) is 15.2. The molecule has 0 atom stereocenters. The number of hydrogen-bond donors (Lipinski definition) is 1. The molecule has 0 unspecified atom stereocenters. The van der Waals surface area contributed by atoms with Crippen LogP contribution >= 0.6 is 35.3 Å². The number of thiazole rings is 1. The molecule has 0 bridgehead atoms. The molecular formula is C16H24IN7OS. The number of nitrogens with zero attached hydrogens (tertiary/aromatic N) is 6. The molecule has 0 aromatic carbocycles. The van der Waals surface area contributed by atoms with Gasteiger partial charge in [0.2, 0.25) is 5.91 Å². The molecule has 0 spiro atoms. The first-order valence-corrected chi connectivity index (χ1v) is 8.97. The van der Waals surface area contributed by atoms with Gasteiger partial charge < -0.3 is 15.1 Å². The predicted octanol–water partition coefficient (Wildman–Crippen LogP) is 1.54. The second-order valence-corrected chi connectivity index (χ2v) is 7.27. The molecule has 10 heteroatoms. The van der Waals surface area contributed by atoms with Crippen LogP contribution in [0.15, 0.2) is 17.4 Å². The van der Waals surface area contributed by atoms with Crippen molar-refractivity contribution in [2.75, 3.05) is 31.6 Å². The molecule has 2 aromatic rings. The molecule has 2 aromatic heterocycles. The summed E-state index contributed by atoms with van der Waals surface area (Å²) in [5.74, 6) is 0.789. The van der Waals surface area contributed by atoms with E-state index in [1.807, 2.05) is 32.0 Å². The molecule has 3 heterocycles. The molecule has 142 valence electrons. The van der Waals surface area contributed by atoms with Crippen LogP contribution < -0.4 is 10.2 Å². The van der Waals surface area contributed by atoms with Gasteiger partial charge in [-0.15, -0.1) is 35.3 Å². The molecular weight excluding hydrogens is 465 g/mol. The summed E-state index contributed by atoms with van der Waals surface area (Å²) in [5.41, 5.74) is 1.88. The Hall–Kier alpha value is -1.69. The summed E-state index contributed by atoms with van der Waals surface area (Å²) in [6.07, 6.45) is 3.57. The minimum absolute atomic E-state index is 0. The van der Waals surface area contributed by atoms with Gasteiger partial charge in [-0.3, -0.25) is 14.5 Å². The van der Waals surface area contributed by atoms with Crippen LogP contribution in [0.4, 0.5) is 5.69 Å². The summed E-state index contributed by atoms with van der Waals surface area (Å²) < 4.78 is 1.70. The van der Waals surface area contributed by atoms with Gasteiger partial charge in [-0.2, -0.15) is 5.10 Å². The van der Waals surface area contributed by atoms with Crippen LogP contribution in [0.5, 0.6) is 0 Å². The van der Waals surface area contributed by atoms with Gasteiger partial charge in [0, 0.05) is 38.3 Å². The highest BCUT2D eigenvalue weighted by Gasteiger charge is 2.27. The number of anilines is 1. The number of aromatic nitrogens is 3. The molecule has 1 fully saturated rings. The van der Waals surface area contributed by atoms with Crippen LogP contribution in [0.25, 0.3) is 0 Å². The molecule has 1 N–H and O–H groups in total. The fourth-order valence-electron chi connectivity index (χ4n) is 2.90. The number of hydrogen-bond acceptors (Lipinski definition) is 5.